The van der Waals surface area contributed by atoms with Crippen LogP contribution in [0.2, 0.25) is 0 Å². The van der Waals surface area contributed by atoms with Gasteiger partial charge in [-0.1, -0.05) is 24.3 Å². The van der Waals surface area contributed by atoms with E-state index in [0.29, 0.717) is 30.8 Å². The Hall–Kier alpha value is -2.23. The Morgan fingerprint density at radius 3 is 2.43 bits per heavy atom. The van der Waals surface area contributed by atoms with Crippen LogP contribution in [-0.4, -0.2) is 12.4 Å². The van der Waals surface area contributed by atoms with Gasteiger partial charge in [-0.05, 0) is 42.2 Å². The number of halogens is 2. The van der Waals surface area contributed by atoms with Crippen LogP contribution in [-0.2, 0) is 12.8 Å². The summed E-state index contributed by atoms with van der Waals surface area (Å²) < 4.78 is 26.1. The molecule has 0 unspecified atom stereocenters. The van der Waals surface area contributed by atoms with Crippen molar-refractivity contribution in [3.63, 3.8) is 0 Å². The van der Waals surface area contributed by atoms with Crippen molar-refractivity contribution in [2.75, 3.05) is 6.54 Å². The van der Waals surface area contributed by atoms with Crippen LogP contribution in [0.25, 0.3) is 0 Å². The van der Waals surface area contributed by atoms with Gasteiger partial charge in [0.25, 0.3) is 0 Å². The number of rotatable bonds is 5. The Morgan fingerprint density at radius 2 is 1.76 bits per heavy atom. The number of hydrogen-bond acceptors (Lipinski definition) is 1. The summed E-state index contributed by atoms with van der Waals surface area (Å²) in [5.74, 6) is -0.607. The second-order valence-electron chi connectivity index (χ2n) is 5.00. The summed E-state index contributed by atoms with van der Waals surface area (Å²) in [6.07, 6.45) is 1.05. The van der Waals surface area contributed by atoms with Crippen LogP contribution in [0.15, 0.2) is 47.5 Å². The quantitative estimate of drug-likeness (QED) is 0.664. The molecule has 0 atom stereocenters. The van der Waals surface area contributed by atoms with E-state index in [1.54, 1.807) is 0 Å². The molecular weight excluding hydrogens is 270 g/mol. The molecule has 2 aromatic carbocycles. The molecule has 2 nitrogen and oxygen atoms in total. The molecule has 2 N–H and O–H groups in total. The molecule has 0 saturated carbocycles. The van der Waals surface area contributed by atoms with Crippen LogP contribution in [0.5, 0.6) is 0 Å². The Labute approximate surface area is 123 Å². The van der Waals surface area contributed by atoms with Crippen molar-refractivity contribution in [2.24, 2.45) is 10.7 Å². The number of hydrogen-bond donors (Lipinski definition) is 1. The molecule has 0 aliphatic rings. The predicted octanol–water partition coefficient (Wildman–Crippen LogP) is 3.42. The summed E-state index contributed by atoms with van der Waals surface area (Å²) in [5, 5.41) is 0. The average molecular weight is 288 g/mol. The highest BCUT2D eigenvalue weighted by atomic mass is 19.1. The maximum atomic E-state index is 13.0. The van der Waals surface area contributed by atoms with Gasteiger partial charge >= 0.3 is 0 Å². The van der Waals surface area contributed by atoms with Crippen LogP contribution in [0.1, 0.15) is 16.7 Å². The zero-order chi connectivity index (χ0) is 15.2. The fourth-order valence-electron chi connectivity index (χ4n) is 2.14. The van der Waals surface area contributed by atoms with Crippen molar-refractivity contribution >= 4 is 5.84 Å². The third-order valence-electron chi connectivity index (χ3n) is 3.27. The van der Waals surface area contributed by atoms with E-state index in [1.807, 2.05) is 31.2 Å². The van der Waals surface area contributed by atoms with Gasteiger partial charge in [-0.25, -0.2) is 8.78 Å². The highest BCUT2D eigenvalue weighted by Gasteiger charge is 2.02. The van der Waals surface area contributed by atoms with Gasteiger partial charge in [0.05, 0.1) is 5.84 Å². The third kappa shape index (κ3) is 4.67. The largest absolute Gasteiger partial charge is 0.387 e. The molecule has 0 bridgehead atoms. The van der Waals surface area contributed by atoms with Crippen LogP contribution >= 0.6 is 0 Å². The molecule has 4 heteroatoms. The lowest BCUT2D eigenvalue weighted by Crippen LogP contribution is -2.16. The standard InChI is InChI=1S/C17H18F2N2/c1-12-4-2-3-5-14(12)10-17(20)21-7-6-13-8-15(18)11-16(19)9-13/h2-5,8-9,11H,6-7,10H2,1H3,(H2,20,21). The molecule has 0 radical (unpaired) electrons. The Balaban J connectivity index is 1.93. The van der Waals surface area contributed by atoms with Gasteiger partial charge in [-0.2, -0.15) is 0 Å². The lowest BCUT2D eigenvalue weighted by atomic mass is 10.1. The van der Waals surface area contributed by atoms with Gasteiger partial charge < -0.3 is 5.73 Å². The first-order valence-corrected chi connectivity index (χ1v) is 6.83. The van der Waals surface area contributed by atoms with E-state index in [-0.39, 0.29) is 0 Å². The van der Waals surface area contributed by atoms with Crippen LogP contribution in [0.3, 0.4) is 0 Å². The molecule has 0 saturated heterocycles. The second kappa shape index (κ2) is 6.97. The topological polar surface area (TPSA) is 38.4 Å². The number of amidine groups is 1. The predicted molar refractivity (Wildman–Crippen MR) is 81.4 cm³/mol. The Bertz CT molecular complexity index is 631. The number of benzene rings is 2. The average Bonchev–Trinajstić information content (AvgIpc) is 2.40. The molecule has 2 aromatic rings. The van der Waals surface area contributed by atoms with Gasteiger partial charge in [-0.3, -0.25) is 4.99 Å². The van der Waals surface area contributed by atoms with E-state index in [0.717, 1.165) is 11.6 Å². The number of aliphatic imine (C=N–C) groups is 1. The van der Waals surface area contributed by atoms with Crippen molar-refractivity contribution in [1.29, 1.82) is 0 Å². The zero-order valence-corrected chi connectivity index (χ0v) is 11.9. The van der Waals surface area contributed by atoms with E-state index in [2.05, 4.69) is 4.99 Å². The van der Waals surface area contributed by atoms with Gasteiger partial charge in [0.15, 0.2) is 0 Å². The normalized spacial score (nSPS) is 11.7. The molecule has 0 fully saturated rings. The van der Waals surface area contributed by atoms with Crippen molar-refractivity contribution in [1.82, 2.24) is 0 Å². The first-order valence-electron chi connectivity index (χ1n) is 6.83. The van der Waals surface area contributed by atoms with E-state index < -0.39 is 11.6 Å². The first kappa shape index (κ1) is 15.2. The van der Waals surface area contributed by atoms with Gasteiger partial charge in [0, 0.05) is 19.0 Å². The highest BCUT2D eigenvalue weighted by molar-refractivity contribution is 5.82. The number of aryl methyl sites for hydroxylation is 1. The summed E-state index contributed by atoms with van der Waals surface area (Å²) in [5.41, 5.74) is 8.79. The Kier molecular flexibility index (Phi) is 5.04. The second-order valence-corrected chi connectivity index (χ2v) is 5.00. The minimum atomic E-state index is -0.568. The van der Waals surface area contributed by atoms with Crippen molar-refractivity contribution in [3.8, 4) is 0 Å². The van der Waals surface area contributed by atoms with E-state index in [9.17, 15) is 8.78 Å². The first-order chi connectivity index (χ1) is 10.0. The minimum absolute atomic E-state index is 0.417. The van der Waals surface area contributed by atoms with Gasteiger partial charge in [-0.15, -0.1) is 0 Å². The van der Waals surface area contributed by atoms with Gasteiger partial charge in [0.1, 0.15) is 11.6 Å². The van der Waals surface area contributed by atoms with E-state index >= 15 is 0 Å². The molecule has 2 rings (SSSR count). The molecule has 0 aromatic heterocycles. The highest BCUT2D eigenvalue weighted by Crippen LogP contribution is 2.09. The molecule has 0 aliphatic carbocycles. The molecule has 0 aliphatic heterocycles. The van der Waals surface area contributed by atoms with Gasteiger partial charge in [0.2, 0.25) is 0 Å². The van der Waals surface area contributed by atoms with E-state index in [1.165, 1.54) is 17.7 Å². The Morgan fingerprint density at radius 1 is 1.10 bits per heavy atom. The van der Waals surface area contributed by atoms with E-state index in [4.69, 9.17) is 5.73 Å². The molecule has 0 heterocycles. The maximum absolute atomic E-state index is 13.0. The summed E-state index contributed by atoms with van der Waals surface area (Å²) in [6.45, 7) is 2.44. The molecule has 110 valence electrons. The van der Waals surface area contributed by atoms with Crippen molar-refractivity contribution in [2.45, 2.75) is 19.8 Å². The third-order valence-corrected chi connectivity index (χ3v) is 3.27. The minimum Gasteiger partial charge on any atom is -0.387 e. The molecule has 0 amide bonds. The molecule has 21 heavy (non-hydrogen) atoms. The lowest BCUT2D eigenvalue weighted by Gasteiger charge is -2.05. The van der Waals surface area contributed by atoms with Crippen LogP contribution < -0.4 is 5.73 Å². The fourth-order valence-corrected chi connectivity index (χ4v) is 2.14. The summed E-state index contributed by atoms with van der Waals surface area (Å²) in [4.78, 5) is 4.26. The summed E-state index contributed by atoms with van der Waals surface area (Å²) in [6, 6.07) is 11.5. The maximum Gasteiger partial charge on any atom is 0.126 e. The van der Waals surface area contributed by atoms with Crippen molar-refractivity contribution in [3.05, 3.63) is 70.8 Å². The fraction of sp³-hybridized carbons (Fsp3) is 0.235. The molecular formula is C17H18F2N2. The summed E-state index contributed by atoms with van der Waals surface area (Å²) in [7, 11) is 0. The van der Waals surface area contributed by atoms with Crippen molar-refractivity contribution < 1.29 is 8.78 Å². The zero-order valence-electron chi connectivity index (χ0n) is 11.9. The van der Waals surface area contributed by atoms with Crippen LogP contribution in [0, 0.1) is 18.6 Å². The SMILES string of the molecule is Cc1ccccc1CC(N)=NCCc1cc(F)cc(F)c1. The lowest BCUT2D eigenvalue weighted by molar-refractivity contribution is 0.579. The number of nitrogens with zero attached hydrogens (tertiary/aromatic N) is 1. The smallest absolute Gasteiger partial charge is 0.126 e. The monoisotopic (exact) mass is 288 g/mol. The van der Waals surface area contributed by atoms with Crippen LogP contribution in [0.4, 0.5) is 8.78 Å². The molecule has 0 spiro atoms. The number of nitrogens with two attached hydrogens (primary N) is 1. The summed E-state index contributed by atoms with van der Waals surface area (Å²) >= 11 is 0.